The first kappa shape index (κ1) is 13.1. The Morgan fingerprint density at radius 1 is 1.39 bits per heavy atom. The molecule has 0 atom stereocenters. The van der Waals surface area contributed by atoms with E-state index >= 15 is 0 Å². The quantitative estimate of drug-likeness (QED) is 0.774. The molecule has 1 aliphatic heterocycles. The van der Waals surface area contributed by atoms with Crippen molar-refractivity contribution in [3.63, 3.8) is 0 Å². The zero-order chi connectivity index (χ0) is 13.0. The van der Waals surface area contributed by atoms with Gasteiger partial charge in [0.25, 0.3) is 0 Å². The van der Waals surface area contributed by atoms with Crippen LogP contribution in [-0.2, 0) is 0 Å². The highest BCUT2D eigenvalue weighted by Crippen LogP contribution is 2.15. The van der Waals surface area contributed by atoms with Gasteiger partial charge in [0.2, 0.25) is 0 Å². The number of hydrazine groups is 1. The second-order valence-corrected chi connectivity index (χ2v) is 4.61. The standard InChI is InChI=1S/C12H16ClN3O2/c1-15(16-7-3-2-4-8-16)12(17)18-10-5-6-11(13)14-9-10/h5-6,9H,2-4,7-8H2,1H3. The molecule has 1 aliphatic rings. The third-order valence-corrected chi connectivity index (χ3v) is 3.15. The van der Waals surface area contributed by atoms with Crippen LogP contribution in [0.3, 0.4) is 0 Å². The number of ether oxygens (including phenoxy) is 1. The van der Waals surface area contributed by atoms with Crippen LogP contribution in [0.15, 0.2) is 18.3 Å². The third-order valence-electron chi connectivity index (χ3n) is 2.93. The van der Waals surface area contributed by atoms with E-state index in [2.05, 4.69) is 4.98 Å². The molecule has 1 aromatic heterocycles. The minimum absolute atomic E-state index is 0.374. The fraction of sp³-hybridized carbons (Fsp3) is 0.500. The lowest BCUT2D eigenvalue weighted by Crippen LogP contribution is -2.47. The maximum absolute atomic E-state index is 11.9. The maximum Gasteiger partial charge on any atom is 0.429 e. The van der Waals surface area contributed by atoms with Crippen molar-refractivity contribution in [1.82, 2.24) is 15.0 Å². The molecular weight excluding hydrogens is 254 g/mol. The van der Waals surface area contributed by atoms with Crippen LogP contribution in [0.5, 0.6) is 5.75 Å². The highest BCUT2D eigenvalue weighted by atomic mass is 35.5. The van der Waals surface area contributed by atoms with E-state index < -0.39 is 6.09 Å². The molecule has 1 amide bonds. The number of aromatic nitrogens is 1. The van der Waals surface area contributed by atoms with Crippen LogP contribution >= 0.6 is 11.6 Å². The van der Waals surface area contributed by atoms with Crippen molar-refractivity contribution in [2.45, 2.75) is 19.3 Å². The molecule has 1 saturated heterocycles. The largest absolute Gasteiger partial charge is 0.429 e. The summed E-state index contributed by atoms with van der Waals surface area (Å²) in [5.41, 5.74) is 0. The summed E-state index contributed by atoms with van der Waals surface area (Å²) in [5, 5.41) is 3.89. The molecule has 6 heteroatoms. The van der Waals surface area contributed by atoms with Crippen LogP contribution in [0, 0.1) is 0 Å². The summed E-state index contributed by atoms with van der Waals surface area (Å²) in [7, 11) is 1.72. The van der Waals surface area contributed by atoms with E-state index in [4.69, 9.17) is 16.3 Å². The van der Waals surface area contributed by atoms with Gasteiger partial charge in [0.15, 0.2) is 5.75 Å². The van der Waals surface area contributed by atoms with Crippen LogP contribution < -0.4 is 4.74 Å². The average Bonchev–Trinajstić information content (AvgIpc) is 2.41. The number of carbonyl (C=O) groups excluding carboxylic acids is 1. The summed E-state index contributed by atoms with van der Waals surface area (Å²) in [6.45, 7) is 1.79. The lowest BCUT2D eigenvalue weighted by Gasteiger charge is -2.33. The van der Waals surface area contributed by atoms with E-state index in [1.54, 1.807) is 19.2 Å². The Kier molecular flexibility index (Phi) is 4.38. The third kappa shape index (κ3) is 3.34. The number of rotatable bonds is 2. The van der Waals surface area contributed by atoms with Gasteiger partial charge in [-0.2, -0.15) is 0 Å². The van der Waals surface area contributed by atoms with E-state index in [1.807, 2.05) is 5.01 Å². The Morgan fingerprint density at radius 3 is 2.72 bits per heavy atom. The summed E-state index contributed by atoms with van der Waals surface area (Å²) in [4.78, 5) is 15.8. The van der Waals surface area contributed by atoms with Crippen molar-refractivity contribution >= 4 is 17.7 Å². The van der Waals surface area contributed by atoms with Gasteiger partial charge in [-0.1, -0.05) is 18.0 Å². The molecule has 18 heavy (non-hydrogen) atoms. The van der Waals surface area contributed by atoms with Crippen molar-refractivity contribution in [3.8, 4) is 5.75 Å². The lowest BCUT2D eigenvalue weighted by molar-refractivity contribution is 0.000834. The zero-order valence-corrected chi connectivity index (χ0v) is 11.1. The van der Waals surface area contributed by atoms with Gasteiger partial charge in [-0.3, -0.25) is 0 Å². The molecule has 0 aromatic carbocycles. The number of nitrogens with zero attached hydrogens (tertiary/aromatic N) is 3. The Balaban J connectivity index is 1.92. The number of amides is 1. The molecule has 2 rings (SSSR count). The molecule has 0 saturated carbocycles. The van der Waals surface area contributed by atoms with Crippen molar-refractivity contribution in [1.29, 1.82) is 0 Å². The number of carbonyl (C=O) groups is 1. The van der Waals surface area contributed by atoms with Gasteiger partial charge in [0, 0.05) is 20.1 Å². The molecule has 0 radical (unpaired) electrons. The summed E-state index contributed by atoms with van der Waals surface area (Å²) < 4.78 is 5.21. The normalized spacial score (nSPS) is 16.3. The Labute approximate surface area is 111 Å². The fourth-order valence-corrected chi connectivity index (χ4v) is 1.99. The molecule has 5 nitrogen and oxygen atoms in total. The van der Waals surface area contributed by atoms with Crippen molar-refractivity contribution in [3.05, 3.63) is 23.5 Å². The van der Waals surface area contributed by atoms with Crippen LogP contribution in [0.25, 0.3) is 0 Å². The highest BCUT2D eigenvalue weighted by molar-refractivity contribution is 6.29. The van der Waals surface area contributed by atoms with Crippen LogP contribution in [0.4, 0.5) is 4.79 Å². The SMILES string of the molecule is CN(C(=O)Oc1ccc(Cl)nc1)N1CCCCC1. The molecule has 0 aliphatic carbocycles. The van der Waals surface area contributed by atoms with E-state index in [1.165, 1.54) is 17.6 Å². The van der Waals surface area contributed by atoms with Gasteiger partial charge >= 0.3 is 6.09 Å². The summed E-state index contributed by atoms with van der Waals surface area (Å²) >= 11 is 5.66. The van der Waals surface area contributed by atoms with Gasteiger partial charge < -0.3 is 4.74 Å². The predicted molar refractivity (Wildman–Crippen MR) is 68.5 cm³/mol. The molecule has 98 valence electrons. The van der Waals surface area contributed by atoms with Crippen LogP contribution in [-0.4, -0.2) is 41.2 Å². The monoisotopic (exact) mass is 269 g/mol. The van der Waals surface area contributed by atoms with Crippen molar-refractivity contribution in [2.24, 2.45) is 0 Å². The number of hydrogen-bond donors (Lipinski definition) is 0. The van der Waals surface area contributed by atoms with Crippen LogP contribution in [0.1, 0.15) is 19.3 Å². The zero-order valence-electron chi connectivity index (χ0n) is 10.3. The van der Waals surface area contributed by atoms with E-state index in [0.717, 1.165) is 25.9 Å². The summed E-state index contributed by atoms with van der Waals surface area (Å²) in [6.07, 6.45) is 4.48. The van der Waals surface area contributed by atoms with Gasteiger partial charge in [-0.25, -0.2) is 19.8 Å². The van der Waals surface area contributed by atoms with Crippen molar-refractivity contribution < 1.29 is 9.53 Å². The molecule has 0 N–H and O–H groups in total. The summed E-state index contributed by atoms with van der Waals surface area (Å²) in [5.74, 6) is 0.397. The number of pyridine rings is 1. The Hall–Kier alpha value is -1.33. The average molecular weight is 270 g/mol. The van der Waals surface area contributed by atoms with Gasteiger partial charge in [0.05, 0.1) is 6.20 Å². The first-order chi connectivity index (χ1) is 8.66. The van der Waals surface area contributed by atoms with Crippen molar-refractivity contribution in [2.75, 3.05) is 20.1 Å². The maximum atomic E-state index is 11.9. The Morgan fingerprint density at radius 2 is 2.11 bits per heavy atom. The van der Waals surface area contributed by atoms with E-state index in [0.29, 0.717) is 10.9 Å². The molecule has 1 aromatic rings. The molecule has 0 bridgehead atoms. The Bertz CT molecular complexity index is 404. The topological polar surface area (TPSA) is 45.7 Å². The molecule has 1 fully saturated rings. The minimum Gasteiger partial charge on any atom is -0.408 e. The number of piperidine rings is 1. The lowest BCUT2D eigenvalue weighted by atomic mass is 10.2. The first-order valence-corrected chi connectivity index (χ1v) is 6.36. The first-order valence-electron chi connectivity index (χ1n) is 5.99. The van der Waals surface area contributed by atoms with Crippen LogP contribution in [0.2, 0.25) is 5.15 Å². The second-order valence-electron chi connectivity index (χ2n) is 4.22. The molecule has 2 heterocycles. The molecule has 0 unspecified atom stereocenters. The van der Waals surface area contributed by atoms with Gasteiger partial charge in [0.1, 0.15) is 5.15 Å². The fourth-order valence-electron chi connectivity index (χ4n) is 1.88. The van der Waals surface area contributed by atoms with Gasteiger partial charge in [-0.15, -0.1) is 0 Å². The number of hydrogen-bond acceptors (Lipinski definition) is 4. The highest BCUT2D eigenvalue weighted by Gasteiger charge is 2.20. The number of halogens is 1. The smallest absolute Gasteiger partial charge is 0.408 e. The predicted octanol–water partition coefficient (Wildman–Crippen LogP) is 2.57. The minimum atomic E-state index is -0.402. The van der Waals surface area contributed by atoms with E-state index in [9.17, 15) is 4.79 Å². The second kappa shape index (κ2) is 6.02. The summed E-state index contributed by atoms with van der Waals surface area (Å²) in [6, 6.07) is 3.21. The van der Waals surface area contributed by atoms with Gasteiger partial charge in [-0.05, 0) is 25.0 Å². The molecule has 0 spiro atoms. The molecular formula is C12H16ClN3O2. The van der Waals surface area contributed by atoms with E-state index in [-0.39, 0.29) is 0 Å².